The molecule has 1 unspecified atom stereocenters. The minimum Gasteiger partial charge on any atom is -0.479 e. The molecule has 0 aliphatic heterocycles. The number of carbonyl (C=O) groups excluding carboxylic acids is 1. The Morgan fingerprint density at radius 2 is 2.07 bits per heavy atom. The lowest BCUT2D eigenvalue weighted by Gasteiger charge is -2.20. The summed E-state index contributed by atoms with van der Waals surface area (Å²) < 4.78 is 5.72. The molecule has 3 rings (SSSR count). The SMILES string of the molecule is CSCC[C@H](NC(=O)C(C)Oc1ccc(Cl)cc1Cl)c1nc2ccccc2[nH]1. The van der Waals surface area contributed by atoms with Gasteiger partial charge < -0.3 is 15.0 Å². The van der Waals surface area contributed by atoms with Crippen molar-refractivity contribution in [1.29, 1.82) is 0 Å². The van der Waals surface area contributed by atoms with Crippen molar-refractivity contribution in [3.63, 3.8) is 0 Å². The van der Waals surface area contributed by atoms with Crippen molar-refractivity contribution in [2.24, 2.45) is 0 Å². The summed E-state index contributed by atoms with van der Waals surface area (Å²) in [5.74, 6) is 1.80. The average Bonchev–Trinajstić information content (AvgIpc) is 3.11. The van der Waals surface area contributed by atoms with Crippen LogP contribution in [0.4, 0.5) is 0 Å². The molecule has 2 atom stereocenters. The van der Waals surface area contributed by atoms with Gasteiger partial charge in [0.25, 0.3) is 5.91 Å². The zero-order valence-corrected chi connectivity index (χ0v) is 17.9. The number of aromatic nitrogens is 2. The fourth-order valence-corrected chi connectivity index (χ4v) is 3.68. The number of benzene rings is 2. The van der Waals surface area contributed by atoms with Crippen LogP contribution in [-0.2, 0) is 4.79 Å². The molecule has 0 saturated carbocycles. The number of hydrogen-bond acceptors (Lipinski definition) is 4. The fourth-order valence-electron chi connectivity index (χ4n) is 2.75. The Bertz CT molecular complexity index is 931. The highest BCUT2D eigenvalue weighted by Gasteiger charge is 2.23. The number of nitrogens with one attached hydrogen (secondary N) is 2. The highest BCUT2D eigenvalue weighted by molar-refractivity contribution is 7.98. The lowest BCUT2D eigenvalue weighted by atomic mass is 10.2. The average molecular weight is 438 g/mol. The maximum Gasteiger partial charge on any atom is 0.261 e. The van der Waals surface area contributed by atoms with Gasteiger partial charge in [-0.1, -0.05) is 35.3 Å². The summed E-state index contributed by atoms with van der Waals surface area (Å²) in [6, 6.07) is 12.5. The predicted molar refractivity (Wildman–Crippen MR) is 117 cm³/mol. The number of amides is 1. The number of hydrogen-bond donors (Lipinski definition) is 2. The van der Waals surface area contributed by atoms with Gasteiger partial charge in [-0.15, -0.1) is 0 Å². The normalized spacial score (nSPS) is 13.3. The van der Waals surface area contributed by atoms with Crippen LogP contribution in [0.15, 0.2) is 42.5 Å². The van der Waals surface area contributed by atoms with Crippen LogP contribution in [0.3, 0.4) is 0 Å². The van der Waals surface area contributed by atoms with E-state index in [4.69, 9.17) is 27.9 Å². The molecule has 0 aliphatic rings. The molecular formula is C20H21Cl2N3O2S. The van der Waals surface area contributed by atoms with Crippen molar-refractivity contribution in [2.45, 2.75) is 25.5 Å². The van der Waals surface area contributed by atoms with Gasteiger partial charge >= 0.3 is 0 Å². The van der Waals surface area contributed by atoms with Crippen LogP contribution in [0.5, 0.6) is 5.75 Å². The number of para-hydroxylation sites is 2. The second-order valence-electron chi connectivity index (χ2n) is 6.32. The van der Waals surface area contributed by atoms with Crippen molar-refractivity contribution >= 4 is 51.9 Å². The van der Waals surface area contributed by atoms with Gasteiger partial charge in [-0.3, -0.25) is 4.79 Å². The summed E-state index contributed by atoms with van der Waals surface area (Å²) >= 11 is 13.8. The summed E-state index contributed by atoms with van der Waals surface area (Å²) in [7, 11) is 0. The molecule has 1 aromatic heterocycles. The van der Waals surface area contributed by atoms with E-state index in [0.29, 0.717) is 15.8 Å². The van der Waals surface area contributed by atoms with Gasteiger partial charge in [-0.25, -0.2) is 4.98 Å². The van der Waals surface area contributed by atoms with Crippen LogP contribution in [0, 0.1) is 0 Å². The summed E-state index contributed by atoms with van der Waals surface area (Å²) in [6.07, 6.45) is 2.06. The molecule has 0 aliphatic carbocycles. The van der Waals surface area contributed by atoms with E-state index in [1.165, 1.54) is 0 Å². The van der Waals surface area contributed by atoms with E-state index in [0.717, 1.165) is 29.0 Å². The van der Waals surface area contributed by atoms with Gasteiger partial charge in [-0.2, -0.15) is 11.8 Å². The summed E-state index contributed by atoms with van der Waals surface area (Å²) in [4.78, 5) is 20.7. The molecule has 28 heavy (non-hydrogen) atoms. The summed E-state index contributed by atoms with van der Waals surface area (Å²) in [5.41, 5.74) is 1.82. The Hall–Kier alpha value is -1.89. The maximum atomic E-state index is 12.7. The first kappa shape index (κ1) is 20.8. The number of thioether (sulfide) groups is 1. The molecule has 0 fully saturated rings. The Morgan fingerprint density at radius 3 is 2.79 bits per heavy atom. The molecule has 3 aromatic rings. The Morgan fingerprint density at radius 1 is 1.29 bits per heavy atom. The number of H-pyrrole nitrogens is 1. The molecule has 2 aromatic carbocycles. The Kier molecular flexibility index (Phi) is 7.10. The largest absolute Gasteiger partial charge is 0.479 e. The highest BCUT2D eigenvalue weighted by atomic mass is 35.5. The smallest absolute Gasteiger partial charge is 0.261 e. The second-order valence-corrected chi connectivity index (χ2v) is 8.15. The monoisotopic (exact) mass is 437 g/mol. The molecule has 148 valence electrons. The Balaban J connectivity index is 1.73. The molecule has 5 nitrogen and oxygen atoms in total. The minimum absolute atomic E-state index is 0.237. The fraction of sp³-hybridized carbons (Fsp3) is 0.300. The molecule has 0 saturated heterocycles. The highest BCUT2D eigenvalue weighted by Crippen LogP contribution is 2.28. The number of imidazole rings is 1. The number of rotatable bonds is 8. The van der Waals surface area contributed by atoms with E-state index in [1.54, 1.807) is 36.9 Å². The molecular weight excluding hydrogens is 417 g/mol. The third kappa shape index (κ3) is 5.13. The van der Waals surface area contributed by atoms with Crippen molar-refractivity contribution in [3.8, 4) is 5.75 Å². The number of halogens is 2. The van der Waals surface area contributed by atoms with Crippen molar-refractivity contribution < 1.29 is 9.53 Å². The molecule has 1 heterocycles. The first-order valence-electron chi connectivity index (χ1n) is 8.83. The first-order valence-corrected chi connectivity index (χ1v) is 11.0. The van der Waals surface area contributed by atoms with Crippen molar-refractivity contribution in [2.75, 3.05) is 12.0 Å². The predicted octanol–water partition coefficient (Wildman–Crippen LogP) is 5.25. The van der Waals surface area contributed by atoms with Gasteiger partial charge in [0.2, 0.25) is 0 Å². The molecule has 1 amide bonds. The van der Waals surface area contributed by atoms with Crippen molar-refractivity contribution in [1.82, 2.24) is 15.3 Å². The van der Waals surface area contributed by atoms with Crippen LogP contribution >= 0.6 is 35.0 Å². The summed E-state index contributed by atoms with van der Waals surface area (Å²) in [5, 5.41) is 3.91. The van der Waals surface area contributed by atoms with E-state index in [2.05, 4.69) is 15.3 Å². The van der Waals surface area contributed by atoms with Gasteiger partial charge in [0.1, 0.15) is 11.6 Å². The quantitative estimate of drug-likeness (QED) is 0.504. The molecule has 0 radical (unpaired) electrons. The third-order valence-corrected chi connectivity index (χ3v) is 5.41. The standard InChI is InChI=1S/C20H21Cl2N3O2S/c1-12(27-18-8-7-13(21)11-14(18)22)20(26)25-17(9-10-28-2)19-23-15-5-3-4-6-16(15)24-19/h3-8,11-12,17H,9-10H2,1-2H3,(H,23,24)(H,25,26)/t12?,17-/m0/s1. The van der Waals surface area contributed by atoms with Crippen LogP contribution in [-0.4, -0.2) is 34.0 Å². The molecule has 8 heteroatoms. The second kappa shape index (κ2) is 9.54. The van der Waals surface area contributed by atoms with Gasteiger partial charge in [0.05, 0.1) is 22.1 Å². The van der Waals surface area contributed by atoms with E-state index in [-0.39, 0.29) is 11.9 Å². The number of ether oxygens (including phenoxy) is 1. The van der Waals surface area contributed by atoms with Gasteiger partial charge in [0.15, 0.2) is 6.10 Å². The van der Waals surface area contributed by atoms with Crippen LogP contribution in [0.2, 0.25) is 10.0 Å². The number of fused-ring (bicyclic) bond motifs is 1. The van der Waals surface area contributed by atoms with E-state index < -0.39 is 6.10 Å². The lowest BCUT2D eigenvalue weighted by Crippen LogP contribution is -2.39. The lowest BCUT2D eigenvalue weighted by molar-refractivity contribution is -0.128. The maximum absolute atomic E-state index is 12.7. The first-order chi connectivity index (χ1) is 13.5. The number of carbonyl (C=O) groups is 1. The van der Waals surface area contributed by atoms with Gasteiger partial charge in [-0.05, 0) is 55.7 Å². The minimum atomic E-state index is -0.722. The van der Waals surface area contributed by atoms with E-state index >= 15 is 0 Å². The van der Waals surface area contributed by atoms with Gasteiger partial charge in [0, 0.05) is 5.02 Å². The van der Waals surface area contributed by atoms with E-state index in [1.807, 2.05) is 30.5 Å². The zero-order chi connectivity index (χ0) is 20.1. The number of aromatic amines is 1. The topological polar surface area (TPSA) is 67.0 Å². The third-order valence-electron chi connectivity index (χ3n) is 4.23. The van der Waals surface area contributed by atoms with E-state index in [9.17, 15) is 4.79 Å². The van der Waals surface area contributed by atoms with Crippen LogP contribution in [0.1, 0.15) is 25.2 Å². The van der Waals surface area contributed by atoms with Crippen molar-refractivity contribution in [3.05, 3.63) is 58.3 Å². The van der Waals surface area contributed by atoms with Crippen LogP contribution in [0.25, 0.3) is 11.0 Å². The van der Waals surface area contributed by atoms with Crippen LogP contribution < -0.4 is 10.1 Å². The molecule has 2 N–H and O–H groups in total. The summed E-state index contributed by atoms with van der Waals surface area (Å²) in [6.45, 7) is 1.69. The molecule has 0 bridgehead atoms. The number of nitrogens with zero attached hydrogens (tertiary/aromatic N) is 1. The zero-order valence-electron chi connectivity index (χ0n) is 15.5. The Labute approximate surface area is 178 Å². The molecule has 0 spiro atoms.